The second-order valence-corrected chi connectivity index (χ2v) is 7.94. The Balaban J connectivity index is 2.68. The number of hydrogen-bond donors (Lipinski definition) is 2. The van der Waals surface area contributed by atoms with Crippen LogP contribution in [0.4, 0.5) is 0 Å². The van der Waals surface area contributed by atoms with Crippen LogP contribution in [-0.4, -0.2) is 48.8 Å². The molecule has 0 aliphatic rings. The molecule has 128 valence electrons. The highest BCUT2D eigenvalue weighted by molar-refractivity contribution is 7.89. The molecule has 0 aliphatic heterocycles. The Morgan fingerprint density at radius 3 is 2.30 bits per heavy atom. The summed E-state index contributed by atoms with van der Waals surface area (Å²) in [5.41, 5.74) is -0.729. The van der Waals surface area contributed by atoms with Gasteiger partial charge in [-0.1, -0.05) is 18.2 Å². The van der Waals surface area contributed by atoms with Crippen molar-refractivity contribution in [1.82, 2.24) is 9.62 Å². The van der Waals surface area contributed by atoms with E-state index in [1.165, 1.54) is 19.2 Å². The van der Waals surface area contributed by atoms with Crippen molar-refractivity contribution in [3.8, 4) is 0 Å². The highest BCUT2D eigenvalue weighted by Gasteiger charge is 2.26. The lowest BCUT2D eigenvalue weighted by Gasteiger charge is -2.27. The van der Waals surface area contributed by atoms with Gasteiger partial charge >= 0.3 is 5.97 Å². The van der Waals surface area contributed by atoms with E-state index in [9.17, 15) is 18.0 Å². The Hall–Kier alpha value is -1.93. The maximum absolute atomic E-state index is 12.3. The number of aliphatic carboxylic acids is 1. The molecular formula is C15H22N2O5S. The van der Waals surface area contributed by atoms with Crippen molar-refractivity contribution in [3.63, 3.8) is 0 Å². The van der Waals surface area contributed by atoms with E-state index < -0.39 is 27.4 Å². The van der Waals surface area contributed by atoms with Crippen molar-refractivity contribution in [3.05, 3.63) is 30.3 Å². The normalized spacial score (nSPS) is 12.2. The standard InChI is InChI=1S/C15H22N2O5S/c1-15(2,10-9-14(19)20)16-13(18)11-17(3)23(21,22)12-7-5-4-6-8-12/h4-8H,9-11H2,1-3H3,(H,16,18)(H,19,20). The van der Waals surface area contributed by atoms with Crippen LogP contribution < -0.4 is 5.32 Å². The smallest absolute Gasteiger partial charge is 0.303 e. The van der Waals surface area contributed by atoms with Gasteiger partial charge in [0.25, 0.3) is 0 Å². The Morgan fingerprint density at radius 2 is 1.78 bits per heavy atom. The number of amides is 1. The Morgan fingerprint density at radius 1 is 1.22 bits per heavy atom. The molecule has 0 fully saturated rings. The average molecular weight is 342 g/mol. The minimum absolute atomic E-state index is 0.0779. The van der Waals surface area contributed by atoms with E-state index in [1.807, 2.05) is 0 Å². The number of carboxylic acids is 1. The predicted molar refractivity (Wildman–Crippen MR) is 85.3 cm³/mol. The highest BCUT2D eigenvalue weighted by atomic mass is 32.2. The van der Waals surface area contributed by atoms with Gasteiger partial charge < -0.3 is 10.4 Å². The molecule has 8 heteroatoms. The summed E-state index contributed by atoms with van der Waals surface area (Å²) in [6.07, 6.45) is 0.175. The number of rotatable bonds is 8. The first-order valence-electron chi connectivity index (χ1n) is 7.09. The third-order valence-corrected chi connectivity index (χ3v) is 5.08. The molecule has 1 rings (SSSR count). The molecule has 0 aromatic heterocycles. The van der Waals surface area contributed by atoms with Gasteiger partial charge in [-0.2, -0.15) is 4.31 Å². The van der Waals surface area contributed by atoms with E-state index in [-0.39, 0.29) is 24.3 Å². The molecule has 0 saturated carbocycles. The van der Waals surface area contributed by atoms with Gasteiger partial charge in [0.05, 0.1) is 11.4 Å². The average Bonchev–Trinajstić information content (AvgIpc) is 2.45. The van der Waals surface area contributed by atoms with Crippen LogP contribution in [0.3, 0.4) is 0 Å². The number of nitrogens with one attached hydrogen (secondary N) is 1. The van der Waals surface area contributed by atoms with Crippen LogP contribution in [-0.2, 0) is 19.6 Å². The molecule has 2 N–H and O–H groups in total. The zero-order valence-electron chi connectivity index (χ0n) is 13.4. The number of nitrogens with zero attached hydrogens (tertiary/aromatic N) is 1. The maximum atomic E-state index is 12.3. The van der Waals surface area contributed by atoms with Crippen molar-refractivity contribution in [2.45, 2.75) is 37.1 Å². The predicted octanol–water partition coefficient (Wildman–Crippen LogP) is 1.07. The molecule has 0 aliphatic carbocycles. The number of carboxylic acid groups (broad SMARTS) is 1. The summed E-state index contributed by atoms with van der Waals surface area (Å²) in [6.45, 7) is 3.05. The van der Waals surface area contributed by atoms with Gasteiger partial charge in [-0.15, -0.1) is 0 Å². The largest absolute Gasteiger partial charge is 0.481 e. The summed E-state index contributed by atoms with van der Waals surface area (Å²) >= 11 is 0. The lowest BCUT2D eigenvalue weighted by molar-refractivity contribution is -0.137. The fourth-order valence-electron chi connectivity index (χ4n) is 1.96. The maximum Gasteiger partial charge on any atom is 0.303 e. The van der Waals surface area contributed by atoms with Crippen LogP contribution in [0, 0.1) is 0 Å². The summed E-state index contributed by atoms with van der Waals surface area (Å²) in [5, 5.41) is 11.3. The molecular weight excluding hydrogens is 320 g/mol. The molecule has 0 radical (unpaired) electrons. The lowest BCUT2D eigenvalue weighted by atomic mass is 9.98. The van der Waals surface area contributed by atoms with Gasteiger partial charge in [0.2, 0.25) is 15.9 Å². The summed E-state index contributed by atoms with van der Waals surface area (Å²) in [5.74, 6) is -1.43. The quantitative estimate of drug-likeness (QED) is 0.735. The number of likely N-dealkylation sites (N-methyl/N-ethyl adjacent to an activating group) is 1. The van der Waals surface area contributed by atoms with Crippen LogP contribution in [0.25, 0.3) is 0 Å². The minimum Gasteiger partial charge on any atom is -0.481 e. The number of benzene rings is 1. The monoisotopic (exact) mass is 342 g/mol. The molecule has 0 saturated heterocycles. The van der Waals surface area contributed by atoms with Crippen LogP contribution in [0.5, 0.6) is 0 Å². The molecule has 0 atom stereocenters. The van der Waals surface area contributed by atoms with Crippen molar-refractivity contribution in [2.75, 3.05) is 13.6 Å². The molecule has 0 unspecified atom stereocenters. The van der Waals surface area contributed by atoms with E-state index in [4.69, 9.17) is 5.11 Å². The van der Waals surface area contributed by atoms with Gasteiger partial charge in [0.1, 0.15) is 0 Å². The Kier molecular flexibility index (Phi) is 6.28. The van der Waals surface area contributed by atoms with Crippen molar-refractivity contribution in [2.24, 2.45) is 0 Å². The molecule has 1 amide bonds. The third-order valence-electron chi connectivity index (χ3n) is 3.26. The SMILES string of the molecule is CN(CC(=O)NC(C)(C)CCC(=O)O)S(=O)(=O)c1ccccc1. The molecule has 23 heavy (non-hydrogen) atoms. The zero-order valence-corrected chi connectivity index (χ0v) is 14.3. The minimum atomic E-state index is -3.74. The molecule has 0 bridgehead atoms. The molecule has 1 aromatic rings. The van der Waals surface area contributed by atoms with E-state index in [0.29, 0.717) is 0 Å². The van der Waals surface area contributed by atoms with Gasteiger partial charge in [-0.25, -0.2) is 8.42 Å². The number of hydrogen-bond acceptors (Lipinski definition) is 4. The number of carbonyl (C=O) groups excluding carboxylic acids is 1. The Bertz CT molecular complexity index is 656. The Labute approximate surface area is 136 Å². The summed E-state index contributed by atoms with van der Waals surface area (Å²) in [6, 6.07) is 7.84. The second-order valence-electron chi connectivity index (χ2n) is 5.90. The number of carbonyl (C=O) groups is 2. The van der Waals surface area contributed by atoms with Gasteiger partial charge in [0, 0.05) is 19.0 Å². The zero-order chi connectivity index (χ0) is 17.7. The second kappa shape index (κ2) is 7.56. The van der Waals surface area contributed by atoms with Crippen LogP contribution in [0.15, 0.2) is 35.2 Å². The summed E-state index contributed by atoms with van der Waals surface area (Å²) in [7, 11) is -2.41. The molecule has 0 spiro atoms. The first kappa shape index (κ1) is 19.1. The van der Waals surface area contributed by atoms with E-state index in [1.54, 1.807) is 32.0 Å². The molecule has 1 aromatic carbocycles. The third kappa shape index (κ3) is 5.99. The van der Waals surface area contributed by atoms with Crippen molar-refractivity contribution < 1.29 is 23.1 Å². The van der Waals surface area contributed by atoms with Crippen LogP contribution >= 0.6 is 0 Å². The van der Waals surface area contributed by atoms with Crippen LogP contribution in [0.2, 0.25) is 0 Å². The van der Waals surface area contributed by atoms with Gasteiger partial charge in [0.15, 0.2) is 0 Å². The fourth-order valence-corrected chi connectivity index (χ4v) is 3.11. The fraction of sp³-hybridized carbons (Fsp3) is 0.467. The summed E-state index contributed by atoms with van der Waals surface area (Å²) in [4.78, 5) is 22.7. The van der Waals surface area contributed by atoms with E-state index in [0.717, 1.165) is 4.31 Å². The van der Waals surface area contributed by atoms with Gasteiger partial charge in [-0.3, -0.25) is 9.59 Å². The van der Waals surface area contributed by atoms with E-state index in [2.05, 4.69) is 5.32 Å². The molecule has 7 nitrogen and oxygen atoms in total. The number of sulfonamides is 1. The first-order valence-corrected chi connectivity index (χ1v) is 8.53. The summed E-state index contributed by atoms with van der Waals surface area (Å²) < 4.78 is 25.6. The topological polar surface area (TPSA) is 104 Å². The van der Waals surface area contributed by atoms with Crippen molar-refractivity contribution >= 4 is 21.9 Å². The highest BCUT2D eigenvalue weighted by Crippen LogP contribution is 2.14. The molecule has 0 heterocycles. The van der Waals surface area contributed by atoms with E-state index >= 15 is 0 Å². The first-order chi connectivity index (χ1) is 10.5. The van der Waals surface area contributed by atoms with Gasteiger partial charge in [-0.05, 0) is 32.4 Å². The van der Waals surface area contributed by atoms with Crippen molar-refractivity contribution in [1.29, 1.82) is 0 Å². The lowest BCUT2D eigenvalue weighted by Crippen LogP contribution is -2.48. The van der Waals surface area contributed by atoms with Crippen LogP contribution in [0.1, 0.15) is 26.7 Å².